The third-order valence-corrected chi connectivity index (χ3v) is 6.62. The van der Waals surface area contributed by atoms with Crippen molar-refractivity contribution in [2.45, 2.75) is 111 Å². The zero-order valence-corrected chi connectivity index (χ0v) is 26.8. The lowest BCUT2D eigenvalue weighted by molar-refractivity contribution is -0.149. The molecule has 11 nitrogen and oxygen atoms in total. The van der Waals surface area contributed by atoms with Crippen molar-refractivity contribution < 1.29 is 47.4 Å². The van der Waals surface area contributed by atoms with Gasteiger partial charge in [0.15, 0.2) is 11.5 Å². The predicted molar refractivity (Wildman–Crippen MR) is 154 cm³/mol. The molecule has 41 heavy (non-hydrogen) atoms. The molecule has 12 heteroatoms. The molecule has 1 heterocycles. The lowest BCUT2D eigenvalue weighted by Crippen LogP contribution is -2.54. The zero-order valence-electron chi connectivity index (χ0n) is 26.8. The van der Waals surface area contributed by atoms with E-state index in [0.717, 1.165) is 0 Å². The van der Waals surface area contributed by atoms with Gasteiger partial charge in [-0.2, -0.15) is 4.90 Å². The smallest absolute Gasteiger partial charge is 0.493 e. The fraction of sp³-hybridized carbons (Fsp3) is 0.690. The van der Waals surface area contributed by atoms with E-state index in [1.807, 2.05) is 27.7 Å². The van der Waals surface area contributed by atoms with Gasteiger partial charge >= 0.3 is 25.3 Å². The van der Waals surface area contributed by atoms with Gasteiger partial charge in [-0.15, -0.1) is 0 Å². The lowest BCUT2D eigenvalue weighted by Gasteiger charge is -2.32. The van der Waals surface area contributed by atoms with Gasteiger partial charge in [0, 0.05) is 6.42 Å². The van der Waals surface area contributed by atoms with Gasteiger partial charge in [0.2, 0.25) is 0 Å². The monoisotopic (exact) mass is 579 g/mol. The van der Waals surface area contributed by atoms with Crippen molar-refractivity contribution >= 4 is 30.7 Å². The van der Waals surface area contributed by atoms with Crippen molar-refractivity contribution in [2.75, 3.05) is 20.8 Å². The molecular formula is C29H46BNO10. The summed E-state index contributed by atoms with van der Waals surface area (Å²) in [7, 11) is 2.13. The summed E-state index contributed by atoms with van der Waals surface area (Å²) in [6.07, 6.45) is -2.29. The Hall–Kier alpha value is -2.99. The number of hydrogen-bond donors (Lipinski definition) is 0. The van der Waals surface area contributed by atoms with Crippen LogP contribution in [0.15, 0.2) is 12.1 Å². The van der Waals surface area contributed by atoms with Crippen LogP contribution in [-0.2, 0) is 34.7 Å². The SMILES string of the molecule is CCOC(=O)[C@H](Cc1cc(OC)c(OC)cc1B1OC(C)(C)C(C)(C)O1)N(C(=O)OC(C)(C)C)C(=O)OC(C)(C)C. The molecule has 1 fully saturated rings. The number of nitrogens with zero attached hydrogens (tertiary/aromatic N) is 1. The third-order valence-electron chi connectivity index (χ3n) is 6.62. The van der Waals surface area contributed by atoms with Crippen LogP contribution in [0.1, 0.15) is 81.7 Å². The summed E-state index contributed by atoms with van der Waals surface area (Å²) in [5.41, 5.74) is -2.23. The van der Waals surface area contributed by atoms with E-state index in [1.165, 1.54) is 14.2 Å². The second-order valence-electron chi connectivity index (χ2n) is 12.8. The highest BCUT2D eigenvalue weighted by atomic mass is 16.7. The van der Waals surface area contributed by atoms with Crippen LogP contribution < -0.4 is 14.9 Å². The van der Waals surface area contributed by atoms with E-state index in [-0.39, 0.29) is 13.0 Å². The average Bonchev–Trinajstić information content (AvgIpc) is 3.02. The number of hydrogen-bond acceptors (Lipinski definition) is 10. The first-order valence-electron chi connectivity index (χ1n) is 13.7. The standard InChI is InChI=1S/C29H46BNO10/c1-14-37-23(32)20(31(24(33)38-26(2,3)4)25(34)39-27(5,6)7)15-18-16-21(35-12)22(36-13)17-19(18)30-40-28(8,9)29(10,11)41-30/h16-17,20H,14-15H2,1-13H3/t20-/m0/s1. The number of carbonyl (C=O) groups is 3. The van der Waals surface area contributed by atoms with Gasteiger partial charge in [-0.05, 0) is 99.3 Å². The Kier molecular flexibility index (Phi) is 10.4. The maximum absolute atomic E-state index is 13.5. The third kappa shape index (κ3) is 8.51. The molecule has 1 saturated heterocycles. The Bertz CT molecular complexity index is 1080. The van der Waals surface area contributed by atoms with Gasteiger partial charge in [0.05, 0.1) is 32.0 Å². The number of esters is 1. The molecule has 2 amide bonds. The minimum Gasteiger partial charge on any atom is -0.493 e. The van der Waals surface area contributed by atoms with E-state index in [4.69, 9.17) is 33.0 Å². The van der Waals surface area contributed by atoms with E-state index in [1.54, 1.807) is 60.6 Å². The Balaban J connectivity index is 2.74. The molecule has 1 aromatic rings. The molecule has 0 bridgehead atoms. The van der Waals surface area contributed by atoms with Crippen molar-refractivity contribution in [3.8, 4) is 11.5 Å². The Labute approximate surface area is 244 Å². The first-order chi connectivity index (χ1) is 18.7. The normalized spacial score (nSPS) is 17.0. The van der Waals surface area contributed by atoms with Crippen LogP contribution in [0.2, 0.25) is 0 Å². The largest absolute Gasteiger partial charge is 0.495 e. The molecule has 0 saturated carbocycles. The van der Waals surface area contributed by atoms with Gasteiger partial charge in [-0.1, -0.05) is 0 Å². The molecule has 0 unspecified atom stereocenters. The van der Waals surface area contributed by atoms with E-state index in [0.29, 0.717) is 27.4 Å². The molecule has 230 valence electrons. The highest BCUT2D eigenvalue weighted by Crippen LogP contribution is 2.38. The Morgan fingerprint density at radius 2 is 1.29 bits per heavy atom. The van der Waals surface area contributed by atoms with Crippen molar-refractivity contribution in [3.05, 3.63) is 17.7 Å². The summed E-state index contributed by atoms with van der Waals surface area (Å²) >= 11 is 0. The van der Waals surface area contributed by atoms with Crippen LogP contribution in [0, 0.1) is 0 Å². The lowest BCUT2D eigenvalue weighted by atomic mass is 9.74. The summed E-state index contributed by atoms with van der Waals surface area (Å²) in [4.78, 5) is 41.0. The first kappa shape index (κ1) is 34.2. The molecule has 1 aliphatic heterocycles. The van der Waals surface area contributed by atoms with E-state index in [2.05, 4.69) is 0 Å². The number of methoxy groups -OCH3 is 2. The van der Waals surface area contributed by atoms with Crippen molar-refractivity contribution in [2.24, 2.45) is 0 Å². The van der Waals surface area contributed by atoms with Crippen LogP contribution in [0.5, 0.6) is 11.5 Å². The summed E-state index contributed by atoms with van der Waals surface area (Å²) in [6.45, 7) is 19.3. The summed E-state index contributed by atoms with van der Waals surface area (Å²) < 4.78 is 40.1. The number of benzene rings is 1. The minimum absolute atomic E-state index is 0.0157. The van der Waals surface area contributed by atoms with Gasteiger partial charge in [0.1, 0.15) is 17.2 Å². The summed E-state index contributed by atoms with van der Waals surface area (Å²) in [5, 5.41) is 0. The van der Waals surface area contributed by atoms with Gasteiger partial charge in [0.25, 0.3) is 0 Å². The average molecular weight is 579 g/mol. The molecular weight excluding hydrogens is 533 g/mol. The molecule has 1 aliphatic rings. The summed E-state index contributed by atoms with van der Waals surface area (Å²) in [6, 6.07) is 1.90. The number of carbonyl (C=O) groups excluding carboxylic acids is 3. The van der Waals surface area contributed by atoms with E-state index < -0.39 is 53.7 Å². The molecule has 1 aromatic carbocycles. The topological polar surface area (TPSA) is 119 Å². The first-order valence-corrected chi connectivity index (χ1v) is 13.7. The Morgan fingerprint density at radius 3 is 1.68 bits per heavy atom. The second-order valence-corrected chi connectivity index (χ2v) is 12.8. The van der Waals surface area contributed by atoms with Crippen LogP contribution in [0.4, 0.5) is 9.59 Å². The maximum Gasteiger partial charge on any atom is 0.495 e. The van der Waals surface area contributed by atoms with Gasteiger partial charge in [-0.25, -0.2) is 14.4 Å². The van der Waals surface area contributed by atoms with Crippen molar-refractivity contribution in [1.82, 2.24) is 4.90 Å². The fourth-order valence-corrected chi connectivity index (χ4v) is 3.98. The molecule has 2 rings (SSSR count). The molecule has 0 aromatic heterocycles. The Morgan fingerprint density at radius 1 is 0.854 bits per heavy atom. The number of ether oxygens (including phenoxy) is 5. The maximum atomic E-state index is 13.5. The number of rotatable bonds is 8. The van der Waals surface area contributed by atoms with Crippen LogP contribution in [0.3, 0.4) is 0 Å². The molecule has 0 spiro atoms. The zero-order chi connectivity index (χ0) is 31.6. The molecule has 0 radical (unpaired) electrons. The van der Waals surface area contributed by atoms with Crippen molar-refractivity contribution in [3.63, 3.8) is 0 Å². The van der Waals surface area contributed by atoms with E-state index in [9.17, 15) is 14.4 Å². The van der Waals surface area contributed by atoms with E-state index >= 15 is 0 Å². The number of imide groups is 1. The fourth-order valence-electron chi connectivity index (χ4n) is 3.98. The predicted octanol–water partition coefficient (Wildman–Crippen LogP) is 4.65. The highest BCUT2D eigenvalue weighted by Gasteiger charge is 2.53. The number of amides is 2. The highest BCUT2D eigenvalue weighted by molar-refractivity contribution is 6.62. The molecule has 1 atom stereocenters. The van der Waals surface area contributed by atoms with Gasteiger partial charge < -0.3 is 33.0 Å². The second kappa shape index (κ2) is 12.5. The van der Waals surface area contributed by atoms with Crippen molar-refractivity contribution in [1.29, 1.82) is 0 Å². The molecule has 0 aliphatic carbocycles. The van der Waals surface area contributed by atoms with Crippen LogP contribution in [-0.4, -0.2) is 79.4 Å². The van der Waals surface area contributed by atoms with Crippen LogP contribution in [0.25, 0.3) is 0 Å². The van der Waals surface area contributed by atoms with Crippen LogP contribution >= 0.6 is 0 Å². The van der Waals surface area contributed by atoms with Gasteiger partial charge in [-0.3, -0.25) is 0 Å². The minimum atomic E-state index is -1.46. The quantitative estimate of drug-likeness (QED) is 0.245. The molecule has 0 N–H and O–H groups in total. The summed E-state index contributed by atoms with van der Waals surface area (Å²) in [5.74, 6) is -0.0462.